The lowest BCUT2D eigenvalue weighted by Gasteiger charge is -2.17. The van der Waals surface area contributed by atoms with Crippen molar-refractivity contribution in [1.82, 2.24) is 10.6 Å². The number of phenols is 1. The third-order valence-corrected chi connectivity index (χ3v) is 8.38. The number of carboxylic acids is 1. The molecule has 2 aromatic rings. The molecule has 2 atom stereocenters. The van der Waals surface area contributed by atoms with Crippen LogP contribution in [-0.4, -0.2) is 47.9 Å². The van der Waals surface area contributed by atoms with Gasteiger partial charge in [0.25, 0.3) is 5.91 Å². The Hall–Kier alpha value is -5.30. The maximum atomic E-state index is 12.9. The van der Waals surface area contributed by atoms with E-state index in [1.807, 2.05) is 0 Å². The highest BCUT2D eigenvalue weighted by molar-refractivity contribution is 6.09. The van der Waals surface area contributed by atoms with E-state index in [4.69, 9.17) is 9.15 Å². The molecule has 10 heteroatoms. The van der Waals surface area contributed by atoms with Crippen molar-refractivity contribution in [2.75, 3.05) is 19.7 Å². The summed E-state index contributed by atoms with van der Waals surface area (Å²) in [5, 5.41) is 26.0. The molecule has 0 bridgehead atoms. The highest BCUT2D eigenvalue weighted by Crippen LogP contribution is 2.52. The van der Waals surface area contributed by atoms with Crippen molar-refractivity contribution < 1.29 is 33.8 Å². The molecular weight excluding hydrogens is 564 g/mol. The maximum Gasteiger partial charge on any atom is 0.407 e. The summed E-state index contributed by atoms with van der Waals surface area (Å²) in [7, 11) is 0. The fourth-order valence-electron chi connectivity index (χ4n) is 6.18. The number of amides is 2. The van der Waals surface area contributed by atoms with E-state index < -0.39 is 18.0 Å². The van der Waals surface area contributed by atoms with Crippen molar-refractivity contribution in [3.05, 3.63) is 75.9 Å². The number of hydrogen-bond acceptors (Lipinski definition) is 7. The van der Waals surface area contributed by atoms with Crippen LogP contribution in [0.15, 0.2) is 63.8 Å². The maximum absolute atomic E-state index is 12.9. The van der Waals surface area contributed by atoms with Crippen LogP contribution in [0.3, 0.4) is 0 Å². The summed E-state index contributed by atoms with van der Waals surface area (Å²) < 4.78 is 11.2. The first-order valence-corrected chi connectivity index (χ1v) is 14.5. The predicted molar refractivity (Wildman–Crippen MR) is 162 cm³/mol. The van der Waals surface area contributed by atoms with Gasteiger partial charge in [0.15, 0.2) is 5.43 Å². The highest BCUT2D eigenvalue weighted by atomic mass is 16.5. The Kier molecular flexibility index (Phi) is 7.94. The Bertz CT molecular complexity index is 1850. The SMILES string of the molecule is O=C(NCCNC(=O)c1ccc(-c2c3ccc(=O)cc-3oc3cc(O)ccc23)c(C(=O)O)c1)OCC1C2CCC#CCCC21. The standard InChI is InChI=1S/C34H30N2O8/c37-20-8-11-25-29(16-20)44-30-17-21(38)9-12-26(30)31(25)24-10-7-19(15-27(24)33(40)41)32(39)35-13-14-36-34(42)43-18-28-22-5-3-1-2-4-6-23(22)28/h7-12,15-17,22-23,28,37H,3-6,13-14,18H2,(H,35,39)(H,36,42)(H,40,41). The second kappa shape index (κ2) is 12.1. The summed E-state index contributed by atoms with van der Waals surface area (Å²) in [6, 6.07) is 13.0. The van der Waals surface area contributed by atoms with E-state index in [9.17, 15) is 29.4 Å². The van der Waals surface area contributed by atoms with Gasteiger partial charge in [0.2, 0.25) is 0 Å². The van der Waals surface area contributed by atoms with Gasteiger partial charge in [-0.05, 0) is 72.6 Å². The normalized spacial score (nSPS) is 18.7. The zero-order valence-electron chi connectivity index (χ0n) is 23.7. The molecule has 44 heavy (non-hydrogen) atoms. The topological polar surface area (TPSA) is 155 Å². The van der Waals surface area contributed by atoms with Crippen LogP contribution in [-0.2, 0) is 4.74 Å². The van der Waals surface area contributed by atoms with Gasteiger partial charge in [-0.2, -0.15) is 0 Å². The van der Waals surface area contributed by atoms with E-state index in [1.165, 1.54) is 42.5 Å². The van der Waals surface area contributed by atoms with Crippen LogP contribution in [0.25, 0.3) is 33.4 Å². The van der Waals surface area contributed by atoms with Crippen molar-refractivity contribution in [1.29, 1.82) is 0 Å². The number of alkyl carbamates (subject to hydrolysis) is 1. The number of ether oxygens (including phenoxy) is 1. The first-order chi connectivity index (χ1) is 21.3. The predicted octanol–water partition coefficient (Wildman–Crippen LogP) is 4.86. The van der Waals surface area contributed by atoms with Crippen LogP contribution >= 0.6 is 0 Å². The van der Waals surface area contributed by atoms with Gasteiger partial charge in [-0.25, -0.2) is 9.59 Å². The van der Waals surface area contributed by atoms with E-state index in [2.05, 4.69) is 22.5 Å². The lowest BCUT2D eigenvalue weighted by atomic mass is 9.90. The third kappa shape index (κ3) is 5.95. The average Bonchev–Trinajstić information content (AvgIpc) is 3.64. The summed E-state index contributed by atoms with van der Waals surface area (Å²) in [6.07, 6.45) is 3.34. The number of phenolic OH excluding ortho intramolecular Hbond substituents is 1. The monoisotopic (exact) mass is 594 g/mol. The highest BCUT2D eigenvalue weighted by Gasteiger charge is 2.49. The zero-order valence-corrected chi connectivity index (χ0v) is 23.7. The largest absolute Gasteiger partial charge is 0.508 e. The fourth-order valence-corrected chi connectivity index (χ4v) is 6.18. The van der Waals surface area contributed by atoms with Crippen LogP contribution in [0.2, 0.25) is 0 Å². The molecule has 1 fully saturated rings. The molecule has 2 unspecified atom stereocenters. The molecule has 4 aliphatic rings. The number of nitrogens with one attached hydrogen (secondary N) is 2. The molecule has 10 nitrogen and oxygen atoms in total. The molecule has 0 aromatic heterocycles. The van der Waals surface area contributed by atoms with Crippen molar-refractivity contribution >= 4 is 28.9 Å². The Morgan fingerprint density at radius 1 is 0.909 bits per heavy atom. The molecule has 1 heterocycles. The Balaban J connectivity index is 1.12. The number of fused-ring (bicyclic) bond motifs is 3. The first-order valence-electron chi connectivity index (χ1n) is 14.5. The number of carbonyl (C=O) groups is 3. The molecule has 0 saturated heterocycles. The summed E-state index contributed by atoms with van der Waals surface area (Å²) in [4.78, 5) is 49.5. The van der Waals surface area contributed by atoms with Gasteiger partial charge >= 0.3 is 12.1 Å². The van der Waals surface area contributed by atoms with Crippen LogP contribution in [0, 0.1) is 29.6 Å². The molecule has 0 radical (unpaired) electrons. The molecule has 0 spiro atoms. The quantitative estimate of drug-likeness (QED) is 0.128. The first kappa shape index (κ1) is 28.8. The second-order valence-electron chi connectivity index (χ2n) is 11.1. The van der Waals surface area contributed by atoms with E-state index in [-0.39, 0.29) is 46.7 Å². The van der Waals surface area contributed by atoms with E-state index in [0.29, 0.717) is 46.4 Å². The number of aromatic hydroxyl groups is 1. The summed E-state index contributed by atoms with van der Waals surface area (Å²) >= 11 is 0. The summed E-state index contributed by atoms with van der Waals surface area (Å²) in [5.41, 5.74) is 1.25. The molecule has 3 aliphatic carbocycles. The van der Waals surface area contributed by atoms with Gasteiger partial charge in [-0.1, -0.05) is 6.07 Å². The van der Waals surface area contributed by atoms with Crippen LogP contribution < -0.4 is 16.1 Å². The summed E-state index contributed by atoms with van der Waals surface area (Å²) in [5.74, 6) is 6.27. The van der Waals surface area contributed by atoms with Crippen LogP contribution in [0.1, 0.15) is 46.4 Å². The number of carbonyl (C=O) groups excluding carboxylic acids is 2. The number of carboxylic acid groups (broad SMARTS) is 1. The number of hydrogen-bond donors (Lipinski definition) is 4. The Labute approximate surface area is 252 Å². The van der Waals surface area contributed by atoms with E-state index in [1.54, 1.807) is 12.1 Å². The smallest absolute Gasteiger partial charge is 0.407 e. The molecule has 2 amide bonds. The molecular formula is C34H30N2O8. The number of aromatic carboxylic acids is 1. The lowest BCUT2D eigenvalue weighted by molar-refractivity contribution is 0.0697. The second-order valence-corrected chi connectivity index (χ2v) is 11.1. The van der Waals surface area contributed by atoms with Gasteiger partial charge in [0.05, 0.1) is 12.2 Å². The summed E-state index contributed by atoms with van der Waals surface area (Å²) in [6.45, 7) is 0.623. The van der Waals surface area contributed by atoms with E-state index in [0.717, 1.165) is 25.7 Å². The molecule has 1 aliphatic heterocycles. The van der Waals surface area contributed by atoms with Gasteiger partial charge < -0.3 is 30.0 Å². The van der Waals surface area contributed by atoms with Crippen molar-refractivity contribution in [3.8, 4) is 40.0 Å². The van der Waals surface area contributed by atoms with Crippen molar-refractivity contribution in [2.24, 2.45) is 17.8 Å². The molecule has 6 rings (SSSR count). The van der Waals surface area contributed by atoms with Gasteiger partial charge in [0, 0.05) is 60.1 Å². The van der Waals surface area contributed by atoms with Crippen LogP contribution in [0.5, 0.6) is 5.75 Å². The molecule has 224 valence electrons. The Morgan fingerprint density at radius 2 is 1.64 bits per heavy atom. The van der Waals surface area contributed by atoms with Crippen LogP contribution in [0.4, 0.5) is 4.79 Å². The lowest BCUT2D eigenvalue weighted by Crippen LogP contribution is -2.35. The average molecular weight is 595 g/mol. The molecule has 4 N–H and O–H groups in total. The minimum Gasteiger partial charge on any atom is -0.508 e. The zero-order chi connectivity index (χ0) is 30.8. The van der Waals surface area contributed by atoms with Crippen molar-refractivity contribution in [2.45, 2.75) is 25.7 Å². The minimum absolute atomic E-state index is 0.0556. The minimum atomic E-state index is -1.25. The van der Waals surface area contributed by atoms with Gasteiger partial charge in [0.1, 0.15) is 17.1 Å². The van der Waals surface area contributed by atoms with Gasteiger partial charge in [-0.15, -0.1) is 11.8 Å². The number of benzene rings is 3. The number of rotatable bonds is 8. The van der Waals surface area contributed by atoms with Crippen molar-refractivity contribution in [3.63, 3.8) is 0 Å². The molecule has 1 saturated carbocycles. The van der Waals surface area contributed by atoms with Gasteiger partial charge in [-0.3, -0.25) is 9.59 Å². The third-order valence-electron chi connectivity index (χ3n) is 8.38. The fraction of sp³-hybridized carbons (Fsp3) is 0.294. The molecule has 2 aromatic carbocycles. The van der Waals surface area contributed by atoms with E-state index >= 15 is 0 Å². The Morgan fingerprint density at radius 3 is 2.39 bits per heavy atom.